The van der Waals surface area contributed by atoms with Crippen molar-refractivity contribution in [3.05, 3.63) is 23.9 Å². The van der Waals surface area contributed by atoms with Crippen molar-refractivity contribution < 1.29 is 14.3 Å². The van der Waals surface area contributed by atoms with E-state index in [1.807, 2.05) is 13.8 Å². The molecule has 0 saturated carbocycles. The summed E-state index contributed by atoms with van der Waals surface area (Å²) in [4.78, 5) is 27.0. The molecule has 2 amide bonds. The van der Waals surface area contributed by atoms with Crippen LogP contribution in [0.25, 0.3) is 10.9 Å². The highest BCUT2D eigenvalue weighted by Gasteiger charge is 2.35. The minimum atomic E-state index is -0.522. The van der Waals surface area contributed by atoms with Crippen LogP contribution < -0.4 is 15.4 Å². The molecule has 1 aromatic heterocycles. The first-order valence-electron chi connectivity index (χ1n) is 9.49. The van der Waals surface area contributed by atoms with Crippen molar-refractivity contribution in [3.63, 3.8) is 0 Å². The number of aromatic amines is 1. The Hall–Kier alpha value is -2.61. The zero-order valence-corrected chi connectivity index (χ0v) is 15.6. The van der Waals surface area contributed by atoms with E-state index < -0.39 is 6.09 Å². The molecule has 3 fully saturated rings. The maximum atomic E-state index is 12.8. The molecule has 0 unspecified atom stereocenters. The summed E-state index contributed by atoms with van der Waals surface area (Å²) < 4.78 is 5.30. The van der Waals surface area contributed by atoms with Crippen molar-refractivity contribution in [3.8, 4) is 5.75 Å². The van der Waals surface area contributed by atoms with E-state index in [1.165, 1.54) is 0 Å². The van der Waals surface area contributed by atoms with Crippen molar-refractivity contribution in [2.24, 2.45) is 5.92 Å². The molecule has 3 N–H and O–H groups in total. The molecule has 2 aromatic rings. The molecule has 0 aliphatic carbocycles. The number of H-pyrrole nitrogens is 1. The number of hydrogen-bond acceptors (Lipinski definition) is 5. The predicted molar refractivity (Wildman–Crippen MR) is 101 cm³/mol. The first kappa shape index (κ1) is 17.8. The lowest BCUT2D eigenvalue weighted by molar-refractivity contribution is 0.0618. The Morgan fingerprint density at radius 2 is 2.07 bits per heavy atom. The van der Waals surface area contributed by atoms with Crippen molar-refractivity contribution in [1.82, 2.24) is 25.7 Å². The van der Waals surface area contributed by atoms with Gasteiger partial charge in [-0.25, -0.2) is 4.79 Å². The molecule has 0 spiro atoms. The standard InChI is InChI=1S/C19H25N5O3/c1-11(2)20-19(26)27-13-3-4-15-14(9-13)17(23-22-15)18(25)21-16-10-24-7-5-12(16)6-8-24/h3-4,9,11-12,16H,5-8,10H2,1-2H3,(H,20,26)(H,21,25)(H,22,23)/t16-/m0/s1. The number of amides is 2. The van der Waals surface area contributed by atoms with Gasteiger partial charge in [-0.15, -0.1) is 0 Å². The normalized spacial score (nSPS) is 24.2. The van der Waals surface area contributed by atoms with Gasteiger partial charge >= 0.3 is 6.09 Å². The van der Waals surface area contributed by atoms with Gasteiger partial charge in [0.2, 0.25) is 0 Å². The molecule has 2 bridgehead atoms. The largest absolute Gasteiger partial charge is 0.412 e. The van der Waals surface area contributed by atoms with Crippen molar-refractivity contribution in [2.75, 3.05) is 19.6 Å². The van der Waals surface area contributed by atoms with Crippen LogP contribution in [0.3, 0.4) is 0 Å². The van der Waals surface area contributed by atoms with E-state index in [4.69, 9.17) is 4.74 Å². The second kappa shape index (κ2) is 7.19. The van der Waals surface area contributed by atoms with Gasteiger partial charge in [0, 0.05) is 24.0 Å². The van der Waals surface area contributed by atoms with Crippen LogP contribution >= 0.6 is 0 Å². The fourth-order valence-electron chi connectivity index (χ4n) is 3.97. The Labute approximate surface area is 157 Å². The Morgan fingerprint density at radius 3 is 2.74 bits per heavy atom. The summed E-state index contributed by atoms with van der Waals surface area (Å²) in [6, 6.07) is 5.26. The van der Waals surface area contributed by atoms with Crippen molar-refractivity contribution in [2.45, 2.75) is 38.8 Å². The number of fused-ring (bicyclic) bond motifs is 4. The summed E-state index contributed by atoms with van der Waals surface area (Å²) in [5.41, 5.74) is 1.06. The number of ether oxygens (including phenoxy) is 1. The molecule has 3 aliphatic heterocycles. The topological polar surface area (TPSA) is 99.3 Å². The Kier molecular flexibility index (Phi) is 4.73. The van der Waals surface area contributed by atoms with E-state index in [-0.39, 0.29) is 18.0 Å². The number of piperidine rings is 3. The van der Waals surface area contributed by atoms with E-state index in [0.717, 1.165) is 38.0 Å². The zero-order chi connectivity index (χ0) is 19.0. The van der Waals surface area contributed by atoms with Gasteiger partial charge in [-0.2, -0.15) is 5.10 Å². The molecule has 8 nitrogen and oxygen atoms in total. The molecule has 1 aromatic carbocycles. The van der Waals surface area contributed by atoms with Gasteiger partial charge in [0.25, 0.3) is 5.91 Å². The van der Waals surface area contributed by atoms with Crippen molar-refractivity contribution in [1.29, 1.82) is 0 Å². The van der Waals surface area contributed by atoms with E-state index >= 15 is 0 Å². The first-order valence-corrected chi connectivity index (χ1v) is 9.49. The Balaban J connectivity index is 1.50. The molecule has 0 radical (unpaired) electrons. The molecule has 5 rings (SSSR count). The van der Waals surface area contributed by atoms with Crippen LogP contribution in [0.2, 0.25) is 0 Å². The minimum absolute atomic E-state index is 0.0157. The number of hydrogen-bond donors (Lipinski definition) is 3. The molecular formula is C19H25N5O3. The van der Waals surface area contributed by atoms with Crippen molar-refractivity contribution >= 4 is 22.9 Å². The number of benzene rings is 1. The third kappa shape index (κ3) is 3.75. The first-order chi connectivity index (χ1) is 13.0. The molecule has 1 atom stereocenters. The van der Waals surface area contributed by atoms with Gasteiger partial charge in [-0.3, -0.25) is 9.89 Å². The van der Waals surface area contributed by atoms with Crippen LogP contribution in [0, 0.1) is 5.92 Å². The monoisotopic (exact) mass is 371 g/mol. The fraction of sp³-hybridized carbons (Fsp3) is 0.526. The van der Waals surface area contributed by atoms with Crippen LogP contribution in [0.4, 0.5) is 4.79 Å². The van der Waals surface area contributed by atoms with Crippen LogP contribution in [-0.4, -0.2) is 58.8 Å². The maximum absolute atomic E-state index is 12.8. The maximum Gasteiger partial charge on any atom is 0.412 e. The van der Waals surface area contributed by atoms with E-state index in [2.05, 4.69) is 25.7 Å². The van der Waals surface area contributed by atoms with Gasteiger partial charge in [0.05, 0.1) is 5.52 Å². The Bertz CT molecular complexity index is 854. The third-order valence-corrected chi connectivity index (χ3v) is 5.34. The summed E-state index contributed by atoms with van der Waals surface area (Å²) in [5.74, 6) is 0.727. The van der Waals surface area contributed by atoms with Crippen LogP contribution in [-0.2, 0) is 0 Å². The minimum Gasteiger partial charge on any atom is -0.410 e. The van der Waals surface area contributed by atoms with Gasteiger partial charge < -0.3 is 20.3 Å². The summed E-state index contributed by atoms with van der Waals surface area (Å²) in [6.45, 7) is 6.88. The molecule has 144 valence electrons. The second-order valence-electron chi connectivity index (χ2n) is 7.69. The van der Waals surface area contributed by atoms with E-state index in [0.29, 0.717) is 22.7 Å². The molecule has 3 aliphatic rings. The van der Waals surface area contributed by atoms with Crippen LogP contribution in [0.15, 0.2) is 18.2 Å². The lowest BCUT2D eigenvalue weighted by Gasteiger charge is -2.44. The lowest BCUT2D eigenvalue weighted by atomic mass is 9.84. The molecule has 3 saturated heterocycles. The van der Waals surface area contributed by atoms with Gasteiger partial charge in [-0.05, 0) is 63.9 Å². The Morgan fingerprint density at radius 1 is 1.30 bits per heavy atom. The SMILES string of the molecule is CC(C)NC(=O)Oc1ccc2[nH]nc(C(=O)N[C@H]3CN4CCC3CC4)c2c1. The average Bonchev–Trinajstić information content (AvgIpc) is 3.05. The van der Waals surface area contributed by atoms with Gasteiger partial charge in [0.1, 0.15) is 5.75 Å². The number of carbonyl (C=O) groups excluding carboxylic acids is 2. The number of aromatic nitrogens is 2. The predicted octanol–water partition coefficient (Wildman–Crippen LogP) is 1.88. The summed E-state index contributed by atoms with van der Waals surface area (Å²) in [5, 5.41) is 13.5. The summed E-state index contributed by atoms with van der Waals surface area (Å²) in [7, 11) is 0. The lowest BCUT2D eigenvalue weighted by Crippen LogP contribution is -2.57. The third-order valence-electron chi connectivity index (χ3n) is 5.34. The second-order valence-corrected chi connectivity index (χ2v) is 7.69. The molecule has 8 heteroatoms. The number of rotatable bonds is 4. The highest BCUT2D eigenvalue weighted by atomic mass is 16.6. The highest BCUT2D eigenvalue weighted by Crippen LogP contribution is 2.28. The highest BCUT2D eigenvalue weighted by molar-refractivity contribution is 6.05. The fourth-order valence-corrected chi connectivity index (χ4v) is 3.97. The number of nitrogens with zero attached hydrogens (tertiary/aromatic N) is 2. The number of carbonyl (C=O) groups is 2. The molecule has 4 heterocycles. The molecular weight excluding hydrogens is 346 g/mol. The summed E-state index contributed by atoms with van der Waals surface area (Å²) >= 11 is 0. The average molecular weight is 371 g/mol. The quantitative estimate of drug-likeness (QED) is 0.762. The zero-order valence-electron chi connectivity index (χ0n) is 15.6. The summed E-state index contributed by atoms with van der Waals surface area (Å²) in [6.07, 6.45) is 1.75. The number of nitrogens with one attached hydrogen (secondary N) is 3. The van der Waals surface area contributed by atoms with Crippen LogP contribution in [0.5, 0.6) is 5.75 Å². The molecule has 27 heavy (non-hydrogen) atoms. The van der Waals surface area contributed by atoms with Gasteiger partial charge in [-0.1, -0.05) is 0 Å². The van der Waals surface area contributed by atoms with Gasteiger partial charge in [0.15, 0.2) is 5.69 Å². The van der Waals surface area contributed by atoms with Crippen LogP contribution in [0.1, 0.15) is 37.2 Å². The smallest absolute Gasteiger partial charge is 0.410 e. The van der Waals surface area contributed by atoms with E-state index in [1.54, 1.807) is 18.2 Å². The van der Waals surface area contributed by atoms with E-state index in [9.17, 15) is 9.59 Å².